The van der Waals surface area contributed by atoms with Gasteiger partial charge in [-0.1, -0.05) is 11.6 Å². The van der Waals surface area contributed by atoms with Gasteiger partial charge in [-0.15, -0.1) is 0 Å². The zero-order chi connectivity index (χ0) is 17.8. The smallest absolute Gasteiger partial charge is 0.243 e. The maximum absolute atomic E-state index is 13.1. The Hall–Kier alpha value is -2.93. The van der Waals surface area contributed by atoms with Crippen LogP contribution in [-0.4, -0.2) is 27.2 Å². The van der Waals surface area contributed by atoms with E-state index in [4.69, 9.17) is 11.6 Å². The van der Waals surface area contributed by atoms with Crippen LogP contribution < -0.4 is 10.6 Å². The number of amides is 1. The minimum atomic E-state index is -0.316. The van der Waals surface area contributed by atoms with Gasteiger partial charge < -0.3 is 10.6 Å². The number of nitrogens with one attached hydrogen (secondary N) is 2. The lowest BCUT2D eigenvalue weighted by molar-refractivity contribution is -0.114. The summed E-state index contributed by atoms with van der Waals surface area (Å²) in [5.41, 5.74) is 2.58. The summed E-state index contributed by atoms with van der Waals surface area (Å²) in [4.78, 5) is 16.2. The fourth-order valence-electron chi connectivity index (χ4n) is 2.34. The van der Waals surface area contributed by atoms with Gasteiger partial charge in [0.25, 0.3) is 0 Å². The Labute approximate surface area is 148 Å². The van der Waals surface area contributed by atoms with Gasteiger partial charge in [0.15, 0.2) is 0 Å². The number of aryl methyl sites for hydroxylation is 1. The highest BCUT2D eigenvalue weighted by Crippen LogP contribution is 2.24. The molecule has 6 nitrogen and oxygen atoms in total. The number of carbonyl (C=O) groups excluding carboxylic acids is 1. The number of rotatable bonds is 5. The molecule has 0 aliphatic heterocycles. The average Bonchev–Trinajstić information content (AvgIpc) is 3.08. The monoisotopic (exact) mass is 359 g/mol. The Morgan fingerprint density at radius 2 is 2.08 bits per heavy atom. The maximum Gasteiger partial charge on any atom is 0.243 e. The van der Waals surface area contributed by atoms with Crippen molar-refractivity contribution in [1.29, 1.82) is 0 Å². The lowest BCUT2D eigenvalue weighted by Crippen LogP contribution is -2.23. The van der Waals surface area contributed by atoms with Crippen molar-refractivity contribution in [2.75, 3.05) is 17.2 Å². The van der Waals surface area contributed by atoms with E-state index in [0.717, 1.165) is 5.56 Å². The number of carbonyl (C=O) groups is 1. The van der Waals surface area contributed by atoms with Crippen molar-refractivity contribution in [2.24, 2.45) is 0 Å². The standard InChI is InChI=1S/C17H15ClFN5O/c1-11-6-13(19)3-4-14(11)21-8-17(25)23-15-7-12(18)2-5-16(15)24-10-20-9-22-24/h2-7,9-10,21H,8H2,1H3,(H,23,25). The Bertz CT molecular complexity index is 898. The fraction of sp³-hybridized carbons (Fsp3) is 0.118. The Balaban J connectivity index is 1.72. The van der Waals surface area contributed by atoms with Crippen molar-refractivity contribution in [2.45, 2.75) is 6.92 Å². The zero-order valence-corrected chi connectivity index (χ0v) is 14.1. The summed E-state index contributed by atoms with van der Waals surface area (Å²) in [5.74, 6) is -0.587. The van der Waals surface area contributed by atoms with E-state index < -0.39 is 0 Å². The zero-order valence-electron chi connectivity index (χ0n) is 13.3. The van der Waals surface area contributed by atoms with Gasteiger partial charge in [0, 0.05) is 10.7 Å². The number of aromatic nitrogens is 3. The van der Waals surface area contributed by atoms with Gasteiger partial charge in [-0.3, -0.25) is 4.79 Å². The van der Waals surface area contributed by atoms with Gasteiger partial charge in [-0.05, 0) is 48.9 Å². The van der Waals surface area contributed by atoms with Crippen LogP contribution in [0.3, 0.4) is 0 Å². The van der Waals surface area contributed by atoms with E-state index in [1.807, 2.05) is 0 Å². The van der Waals surface area contributed by atoms with Crippen LogP contribution in [0.25, 0.3) is 5.69 Å². The first-order chi connectivity index (χ1) is 12.0. The summed E-state index contributed by atoms with van der Waals surface area (Å²) in [6.45, 7) is 1.79. The van der Waals surface area contributed by atoms with Crippen molar-refractivity contribution >= 4 is 28.9 Å². The van der Waals surface area contributed by atoms with Crippen molar-refractivity contribution in [1.82, 2.24) is 14.8 Å². The van der Waals surface area contributed by atoms with Crippen LogP contribution in [0.5, 0.6) is 0 Å². The molecule has 0 radical (unpaired) electrons. The molecule has 0 aliphatic carbocycles. The molecule has 3 rings (SSSR count). The SMILES string of the molecule is Cc1cc(F)ccc1NCC(=O)Nc1cc(Cl)ccc1-n1cncn1. The molecule has 0 saturated heterocycles. The summed E-state index contributed by atoms with van der Waals surface area (Å²) in [6, 6.07) is 9.42. The van der Waals surface area contributed by atoms with Crippen LogP contribution in [0, 0.1) is 12.7 Å². The van der Waals surface area contributed by atoms with Crippen LogP contribution in [0.2, 0.25) is 5.02 Å². The van der Waals surface area contributed by atoms with E-state index in [0.29, 0.717) is 22.1 Å². The Morgan fingerprint density at radius 3 is 2.80 bits per heavy atom. The first kappa shape index (κ1) is 16.9. The molecule has 1 aromatic heterocycles. The van der Waals surface area contributed by atoms with Crippen LogP contribution in [-0.2, 0) is 4.79 Å². The molecule has 1 amide bonds. The third kappa shape index (κ3) is 4.13. The Kier molecular flexibility index (Phi) is 4.95. The van der Waals surface area contributed by atoms with Crippen molar-refractivity contribution < 1.29 is 9.18 Å². The molecule has 25 heavy (non-hydrogen) atoms. The van der Waals surface area contributed by atoms with E-state index in [1.165, 1.54) is 29.5 Å². The van der Waals surface area contributed by atoms with E-state index in [1.54, 1.807) is 31.2 Å². The summed E-state index contributed by atoms with van der Waals surface area (Å²) < 4.78 is 14.6. The third-order valence-corrected chi connectivity index (χ3v) is 3.76. The lowest BCUT2D eigenvalue weighted by Gasteiger charge is -2.13. The van der Waals surface area contributed by atoms with Gasteiger partial charge in [0.05, 0.1) is 17.9 Å². The lowest BCUT2D eigenvalue weighted by atomic mass is 10.2. The van der Waals surface area contributed by atoms with E-state index in [-0.39, 0.29) is 18.3 Å². The van der Waals surface area contributed by atoms with Crippen LogP contribution in [0.1, 0.15) is 5.56 Å². The highest BCUT2D eigenvalue weighted by molar-refractivity contribution is 6.31. The molecule has 2 aromatic carbocycles. The van der Waals surface area contributed by atoms with Gasteiger partial charge in [-0.2, -0.15) is 5.10 Å². The molecule has 0 spiro atoms. The summed E-state index contributed by atoms with van der Waals surface area (Å²) in [6.07, 6.45) is 2.93. The van der Waals surface area contributed by atoms with Gasteiger partial charge in [0.2, 0.25) is 5.91 Å². The molecule has 0 bridgehead atoms. The fourth-order valence-corrected chi connectivity index (χ4v) is 2.51. The number of nitrogens with zero attached hydrogens (tertiary/aromatic N) is 3. The molecule has 3 aromatic rings. The van der Waals surface area contributed by atoms with Crippen LogP contribution in [0.4, 0.5) is 15.8 Å². The first-order valence-corrected chi connectivity index (χ1v) is 7.85. The number of hydrogen-bond acceptors (Lipinski definition) is 4. The summed E-state index contributed by atoms with van der Waals surface area (Å²) >= 11 is 6.02. The second kappa shape index (κ2) is 7.31. The van der Waals surface area contributed by atoms with E-state index in [9.17, 15) is 9.18 Å². The Morgan fingerprint density at radius 1 is 1.24 bits per heavy atom. The second-order valence-electron chi connectivity index (χ2n) is 5.36. The van der Waals surface area contributed by atoms with E-state index >= 15 is 0 Å². The number of hydrogen-bond donors (Lipinski definition) is 2. The molecular formula is C17H15ClFN5O. The molecule has 128 valence electrons. The first-order valence-electron chi connectivity index (χ1n) is 7.47. The van der Waals surface area contributed by atoms with Gasteiger partial charge in [0.1, 0.15) is 18.5 Å². The van der Waals surface area contributed by atoms with Crippen molar-refractivity contribution in [3.63, 3.8) is 0 Å². The highest BCUT2D eigenvalue weighted by atomic mass is 35.5. The number of halogens is 2. The molecule has 0 saturated carbocycles. The number of benzene rings is 2. The molecule has 0 fully saturated rings. The minimum absolute atomic E-state index is 0.0236. The molecule has 1 heterocycles. The second-order valence-corrected chi connectivity index (χ2v) is 5.80. The van der Waals surface area contributed by atoms with Crippen LogP contribution in [0.15, 0.2) is 49.1 Å². The van der Waals surface area contributed by atoms with Crippen molar-refractivity contribution in [3.8, 4) is 5.69 Å². The molecule has 2 N–H and O–H groups in total. The predicted molar refractivity (Wildman–Crippen MR) is 94.6 cm³/mol. The minimum Gasteiger partial charge on any atom is -0.376 e. The van der Waals surface area contributed by atoms with E-state index in [2.05, 4.69) is 20.7 Å². The molecule has 0 unspecified atom stereocenters. The topological polar surface area (TPSA) is 71.8 Å². The number of anilines is 2. The normalized spacial score (nSPS) is 10.5. The maximum atomic E-state index is 13.1. The van der Waals surface area contributed by atoms with Crippen LogP contribution >= 0.6 is 11.6 Å². The molecule has 8 heteroatoms. The predicted octanol–water partition coefficient (Wildman–Crippen LogP) is 3.42. The molecular weight excluding hydrogens is 345 g/mol. The van der Waals surface area contributed by atoms with Gasteiger partial charge in [-0.25, -0.2) is 14.1 Å². The highest BCUT2D eigenvalue weighted by Gasteiger charge is 2.10. The quantitative estimate of drug-likeness (QED) is 0.732. The third-order valence-electron chi connectivity index (χ3n) is 3.53. The van der Waals surface area contributed by atoms with Crippen molar-refractivity contribution in [3.05, 3.63) is 65.5 Å². The molecule has 0 aliphatic rings. The average molecular weight is 360 g/mol. The summed E-state index contributed by atoms with van der Waals surface area (Å²) in [7, 11) is 0. The molecule has 0 atom stereocenters. The van der Waals surface area contributed by atoms with Gasteiger partial charge >= 0.3 is 0 Å². The largest absolute Gasteiger partial charge is 0.376 e. The summed E-state index contributed by atoms with van der Waals surface area (Å²) in [5, 5.41) is 10.3.